The van der Waals surface area contributed by atoms with Gasteiger partial charge in [-0.2, -0.15) is 0 Å². The van der Waals surface area contributed by atoms with Gasteiger partial charge in [-0.25, -0.2) is 0 Å². The Hall–Kier alpha value is -0.340. The van der Waals surface area contributed by atoms with Crippen LogP contribution in [0.3, 0.4) is 0 Å². The zero-order chi connectivity index (χ0) is 11.3. The lowest BCUT2D eigenvalue weighted by Gasteiger charge is -2.15. The van der Waals surface area contributed by atoms with E-state index in [4.69, 9.17) is 0 Å². The van der Waals surface area contributed by atoms with E-state index in [-0.39, 0.29) is 0 Å². The smallest absolute Gasteiger partial charge is 0.0292 e. The van der Waals surface area contributed by atoms with Gasteiger partial charge in [-0.15, -0.1) is 0 Å². The van der Waals surface area contributed by atoms with Crippen molar-refractivity contribution >= 4 is 15.9 Å². The standard InChI is InChI=1S/C13H20BrN/c1-10(2)7-8-15-11(3)12-5-4-6-13(14)9-12/h4-6,9-11,15H,7-8H2,1-3H3/t11-/m0/s1. The zero-order valence-corrected chi connectivity index (χ0v) is 11.3. The Morgan fingerprint density at radius 2 is 2.00 bits per heavy atom. The van der Waals surface area contributed by atoms with E-state index in [2.05, 4.69) is 66.3 Å². The van der Waals surface area contributed by atoms with E-state index in [1.165, 1.54) is 12.0 Å². The summed E-state index contributed by atoms with van der Waals surface area (Å²) >= 11 is 3.49. The summed E-state index contributed by atoms with van der Waals surface area (Å²) in [6.07, 6.45) is 1.23. The molecule has 0 aromatic heterocycles. The normalized spacial score (nSPS) is 13.1. The number of rotatable bonds is 5. The first kappa shape index (κ1) is 12.7. The summed E-state index contributed by atoms with van der Waals surface area (Å²) in [5.41, 5.74) is 1.34. The Morgan fingerprint density at radius 3 is 2.60 bits per heavy atom. The van der Waals surface area contributed by atoms with Crippen LogP contribution in [0, 0.1) is 5.92 Å². The van der Waals surface area contributed by atoms with Crippen LogP contribution in [0.1, 0.15) is 38.8 Å². The van der Waals surface area contributed by atoms with Gasteiger partial charge in [-0.1, -0.05) is 41.9 Å². The highest BCUT2D eigenvalue weighted by molar-refractivity contribution is 9.10. The van der Waals surface area contributed by atoms with E-state index in [1.807, 2.05) is 0 Å². The lowest BCUT2D eigenvalue weighted by Crippen LogP contribution is -2.20. The fourth-order valence-electron chi connectivity index (χ4n) is 1.48. The van der Waals surface area contributed by atoms with Gasteiger partial charge in [0.15, 0.2) is 0 Å². The SMILES string of the molecule is CC(C)CCN[C@@H](C)c1cccc(Br)c1. The summed E-state index contributed by atoms with van der Waals surface area (Å²) in [5, 5.41) is 3.54. The molecule has 0 aliphatic rings. The number of hydrogen-bond acceptors (Lipinski definition) is 1. The Labute approximate surface area is 101 Å². The quantitative estimate of drug-likeness (QED) is 0.847. The molecule has 0 heterocycles. The molecule has 0 aliphatic heterocycles. The van der Waals surface area contributed by atoms with Crippen molar-refractivity contribution in [3.8, 4) is 0 Å². The van der Waals surface area contributed by atoms with Crippen molar-refractivity contribution in [3.05, 3.63) is 34.3 Å². The fourth-order valence-corrected chi connectivity index (χ4v) is 1.90. The summed E-state index contributed by atoms with van der Waals surface area (Å²) in [5.74, 6) is 0.771. The van der Waals surface area contributed by atoms with Crippen LogP contribution in [0.2, 0.25) is 0 Å². The van der Waals surface area contributed by atoms with Gasteiger partial charge in [0, 0.05) is 10.5 Å². The van der Waals surface area contributed by atoms with Crippen molar-refractivity contribution in [2.45, 2.75) is 33.2 Å². The molecule has 1 aromatic carbocycles. The van der Waals surface area contributed by atoms with Gasteiger partial charge in [0.25, 0.3) is 0 Å². The molecule has 0 fully saturated rings. The molecule has 0 bridgehead atoms. The molecule has 1 aromatic rings. The van der Waals surface area contributed by atoms with Gasteiger partial charge in [0.1, 0.15) is 0 Å². The molecule has 2 heteroatoms. The monoisotopic (exact) mass is 269 g/mol. The van der Waals surface area contributed by atoms with Crippen molar-refractivity contribution < 1.29 is 0 Å². The average molecular weight is 270 g/mol. The second-order valence-corrected chi connectivity index (χ2v) is 5.33. The Kier molecular flexibility index (Phi) is 5.34. The van der Waals surface area contributed by atoms with Gasteiger partial charge in [-0.05, 0) is 43.5 Å². The van der Waals surface area contributed by atoms with Gasteiger partial charge in [0.05, 0.1) is 0 Å². The largest absolute Gasteiger partial charge is 0.310 e. The topological polar surface area (TPSA) is 12.0 Å². The second-order valence-electron chi connectivity index (χ2n) is 4.41. The van der Waals surface area contributed by atoms with E-state index >= 15 is 0 Å². The molecule has 0 radical (unpaired) electrons. The highest BCUT2D eigenvalue weighted by Crippen LogP contribution is 2.17. The molecule has 1 atom stereocenters. The third kappa shape index (κ3) is 4.80. The Balaban J connectivity index is 2.43. The highest BCUT2D eigenvalue weighted by Gasteiger charge is 2.04. The minimum Gasteiger partial charge on any atom is -0.310 e. The van der Waals surface area contributed by atoms with Gasteiger partial charge >= 0.3 is 0 Å². The predicted octanol–water partition coefficient (Wildman–Crippen LogP) is 4.15. The summed E-state index contributed by atoms with van der Waals surface area (Å²) in [6, 6.07) is 8.91. The fraction of sp³-hybridized carbons (Fsp3) is 0.538. The Morgan fingerprint density at radius 1 is 1.27 bits per heavy atom. The number of hydrogen-bond donors (Lipinski definition) is 1. The number of nitrogens with one attached hydrogen (secondary N) is 1. The first-order chi connectivity index (χ1) is 7.09. The van der Waals surface area contributed by atoms with Crippen LogP contribution in [0.15, 0.2) is 28.7 Å². The number of halogens is 1. The van der Waals surface area contributed by atoms with E-state index in [9.17, 15) is 0 Å². The molecule has 0 saturated carbocycles. The molecule has 15 heavy (non-hydrogen) atoms. The van der Waals surface area contributed by atoms with Gasteiger partial charge in [-0.3, -0.25) is 0 Å². The van der Waals surface area contributed by atoms with Crippen LogP contribution in [-0.2, 0) is 0 Å². The van der Waals surface area contributed by atoms with Crippen LogP contribution in [0.4, 0.5) is 0 Å². The van der Waals surface area contributed by atoms with E-state index < -0.39 is 0 Å². The molecule has 1 N–H and O–H groups in total. The van der Waals surface area contributed by atoms with Crippen LogP contribution < -0.4 is 5.32 Å². The third-order valence-corrected chi connectivity index (χ3v) is 3.01. The van der Waals surface area contributed by atoms with Gasteiger partial charge in [0.2, 0.25) is 0 Å². The first-order valence-electron chi connectivity index (χ1n) is 5.58. The maximum absolute atomic E-state index is 3.54. The van der Waals surface area contributed by atoms with Crippen molar-refractivity contribution in [3.63, 3.8) is 0 Å². The molecule has 1 nitrogen and oxygen atoms in total. The lowest BCUT2D eigenvalue weighted by atomic mass is 10.1. The molecule has 0 unspecified atom stereocenters. The summed E-state index contributed by atoms with van der Waals surface area (Å²) < 4.78 is 1.15. The van der Waals surface area contributed by atoms with Crippen molar-refractivity contribution in [1.29, 1.82) is 0 Å². The highest BCUT2D eigenvalue weighted by atomic mass is 79.9. The predicted molar refractivity (Wildman–Crippen MR) is 70.0 cm³/mol. The van der Waals surface area contributed by atoms with Crippen molar-refractivity contribution in [2.75, 3.05) is 6.54 Å². The molecule has 1 rings (SSSR count). The van der Waals surface area contributed by atoms with E-state index in [1.54, 1.807) is 0 Å². The molecule has 0 spiro atoms. The third-order valence-electron chi connectivity index (χ3n) is 2.52. The first-order valence-corrected chi connectivity index (χ1v) is 6.37. The maximum atomic E-state index is 3.54. The molecule has 0 amide bonds. The van der Waals surface area contributed by atoms with E-state index in [0.29, 0.717) is 6.04 Å². The molecule has 84 valence electrons. The molecule has 0 aliphatic carbocycles. The number of benzene rings is 1. The Bertz CT molecular complexity index is 296. The minimum absolute atomic E-state index is 0.432. The van der Waals surface area contributed by atoms with Crippen LogP contribution >= 0.6 is 15.9 Å². The average Bonchev–Trinajstić information content (AvgIpc) is 2.17. The summed E-state index contributed by atoms with van der Waals surface area (Å²) in [4.78, 5) is 0. The summed E-state index contributed by atoms with van der Waals surface area (Å²) in [7, 11) is 0. The second kappa shape index (κ2) is 6.29. The summed E-state index contributed by atoms with van der Waals surface area (Å²) in [6.45, 7) is 7.81. The van der Waals surface area contributed by atoms with Crippen molar-refractivity contribution in [1.82, 2.24) is 5.32 Å². The van der Waals surface area contributed by atoms with Crippen LogP contribution in [0.25, 0.3) is 0 Å². The maximum Gasteiger partial charge on any atom is 0.0292 e. The zero-order valence-electron chi connectivity index (χ0n) is 9.76. The minimum atomic E-state index is 0.432. The van der Waals surface area contributed by atoms with Gasteiger partial charge < -0.3 is 5.32 Å². The molecule has 0 saturated heterocycles. The van der Waals surface area contributed by atoms with Crippen LogP contribution in [0.5, 0.6) is 0 Å². The molecular formula is C13H20BrN. The lowest BCUT2D eigenvalue weighted by molar-refractivity contribution is 0.497. The van der Waals surface area contributed by atoms with E-state index in [0.717, 1.165) is 16.9 Å². The van der Waals surface area contributed by atoms with Crippen molar-refractivity contribution in [2.24, 2.45) is 5.92 Å². The van der Waals surface area contributed by atoms with Crippen LogP contribution in [-0.4, -0.2) is 6.54 Å². The molecular weight excluding hydrogens is 250 g/mol.